The third-order valence-corrected chi connectivity index (χ3v) is 8.58. The van der Waals surface area contributed by atoms with Gasteiger partial charge in [0.2, 0.25) is 5.91 Å². The van der Waals surface area contributed by atoms with Crippen LogP contribution in [0, 0.1) is 5.92 Å². The Morgan fingerprint density at radius 2 is 1.95 bits per heavy atom. The van der Waals surface area contributed by atoms with Crippen LogP contribution in [0.15, 0.2) is 42.7 Å². The van der Waals surface area contributed by atoms with Crippen LogP contribution >= 0.6 is 0 Å². The van der Waals surface area contributed by atoms with E-state index in [1.807, 2.05) is 34.2 Å². The van der Waals surface area contributed by atoms with Crippen molar-refractivity contribution in [1.29, 1.82) is 0 Å². The van der Waals surface area contributed by atoms with Gasteiger partial charge in [-0.25, -0.2) is 0 Å². The fourth-order valence-corrected chi connectivity index (χ4v) is 6.42. The fourth-order valence-electron chi connectivity index (χ4n) is 6.42. The lowest BCUT2D eigenvalue weighted by molar-refractivity contribution is -0.146. The van der Waals surface area contributed by atoms with Gasteiger partial charge in [0.1, 0.15) is 18.4 Å². The van der Waals surface area contributed by atoms with E-state index in [0.29, 0.717) is 44.6 Å². The van der Waals surface area contributed by atoms with Crippen molar-refractivity contribution in [2.45, 2.75) is 37.8 Å². The van der Waals surface area contributed by atoms with Crippen LogP contribution in [-0.4, -0.2) is 77.2 Å². The predicted octanol–water partition coefficient (Wildman–Crippen LogP) is 3.55. The third kappa shape index (κ3) is 3.98. The molecule has 0 N–H and O–H groups in total. The maximum absolute atomic E-state index is 13.4. The number of fused-ring (bicyclic) bond motifs is 4. The Labute approximate surface area is 221 Å². The Morgan fingerprint density at radius 3 is 2.74 bits per heavy atom. The topological polar surface area (TPSA) is 76.9 Å². The molecule has 196 valence electrons. The summed E-state index contributed by atoms with van der Waals surface area (Å²) in [6.07, 6.45) is 8.85. The zero-order valence-corrected chi connectivity index (χ0v) is 21.6. The molecule has 2 saturated heterocycles. The maximum atomic E-state index is 13.4. The number of benzene rings is 1. The Hall–Kier alpha value is -3.65. The molecule has 0 radical (unpaired) electrons. The SMILES string of the molecule is COc1ccc2c(c1)c(C1=Cc3cccnc3C3CC13)cn2CC(=O)N1CCN(C(=O)C2CCCO2)CC1. The summed E-state index contributed by atoms with van der Waals surface area (Å²) in [5, 5.41) is 1.10. The Morgan fingerprint density at radius 1 is 1.11 bits per heavy atom. The van der Waals surface area contributed by atoms with Gasteiger partial charge in [-0.1, -0.05) is 6.07 Å². The molecule has 2 aliphatic carbocycles. The van der Waals surface area contributed by atoms with Gasteiger partial charge in [-0.05, 0) is 66.7 Å². The van der Waals surface area contributed by atoms with Crippen LogP contribution in [0.4, 0.5) is 0 Å². The number of amides is 2. The van der Waals surface area contributed by atoms with Gasteiger partial charge in [-0.3, -0.25) is 14.6 Å². The van der Waals surface area contributed by atoms with Crippen LogP contribution in [0.3, 0.4) is 0 Å². The lowest BCUT2D eigenvalue weighted by Crippen LogP contribution is -2.53. The van der Waals surface area contributed by atoms with Gasteiger partial charge in [0.25, 0.3) is 5.91 Å². The van der Waals surface area contributed by atoms with E-state index < -0.39 is 0 Å². The highest BCUT2D eigenvalue weighted by molar-refractivity contribution is 6.01. The normalized spacial score (nSPS) is 24.1. The van der Waals surface area contributed by atoms with E-state index in [4.69, 9.17) is 9.47 Å². The number of aromatic nitrogens is 2. The largest absolute Gasteiger partial charge is 0.497 e. The molecule has 7 rings (SSSR count). The lowest BCUT2D eigenvalue weighted by atomic mass is 9.91. The van der Waals surface area contributed by atoms with Crippen molar-refractivity contribution < 1.29 is 19.1 Å². The van der Waals surface area contributed by atoms with Crippen molar-refractivity contribution in [3.05, 3.63) is 59.5 Å². The minimum Gasteiger partial charge on any atom is -0.497 e. The molecule has 8 nitrogen and oxygen atoms in total. The first-order valence-corrected chi connectivity index (χ1v) is 13.6. The van der Waals surface area contributed by atoms with Crippen molar-refractivity contribution in [3.8, 4) is 5.75 Å². The monoisotopic (exact) mass is 512 g/mol. The van der Waals surface area contributed by atoms with E-state index in [2.05, 4.69) is 34.0 Å². The van der Waals surface area contributed by atoms with Gasteiger partial charge in [0, 0.05) is 67.6 Å². The number of nitrogens with zero attached hydrogens (tertiary/aromatic N) is 4. The number of rotatable bonds is 5. The Bertz CT molecular complexity index is 1450. The van der Waals surface area contributed by atoms with E-state index in [9.17, 15) is 9.59 Å². The first-order valence-electron chi connectivity index (χ1n) is 13.6. The fraction of sp³-hybridized carbons (Fsp3) is 0.433. The molecule has 3 atom stereocenters. The van der Waals surface area contributed by atoms with Gasteiger partial charge in [0.05, 0.1) is 12.8 Å². The van der Waals surface area contributed by atoms with Crippen molar-refractivity contribution >= 4 is 34.4 Å². The minimum atomic E-state index is -0.304. The highest BCUT2D eigenvalue weighted by Gasteiger charge is 2.46. The van der Waals surface area contributed by atoms with Crippen molar-refractivity contribution in [3.63, 3.8) is 0 Å². The molecule has 4 heterocycles. The van der Waals surface area contributed by atoms with Crippen LogP contribution in [0.5, 0.6) is 5.75 Å². The number of hydrogen-bond donors (Lipinski definition) is 0. The standard InChI is InChI=1S/C30H32N4O4/c1-37-20-6-7-26-23(15-20)25(21-14-19-4-2-8-31-29(19)24-16-22(21)24)17-34(26)18-28(35)32-9-11-33(12-10-32)30(36)27-5-3-13-38-27/h2,4,6-8,14-15,17,22,24,27H,3,5,9-13,16,18H2,1H3. The summed E-state index contributed by atoms with van der Waals surface area (Å²) in [6.45, 7) is 3.15. The first-order chi connectivity index (χ1) is 18.6. The highest BCUT2D eigenvalue weighted by Crippen LogP contribution is 2.59. The zero-order valence-electron chi connectivity index (χ0n) is 21.6. The van der Waals surface area contributed by atoms with Gasteiger partial charge in [-0.2, -0.15) is 0 Å². The number of hydrogen-bond acceptors (Lipinski definition) is 5. The summed E-state index contributed by atoms with van der Waals surface area (Å²) in [7, 11) is 1.68. The van der Waals surface area contributed by atoms with Crippen molar-refractivity contribution in [2.24, 2.45) is 5.92 Å². The van der Waals surface area contributed by atoms with E-state index in [1.54, 1.807) is 7.11 Å². The molecule has 3 aromatic rings. The molecule has 2 amide bonds. The predicted molar refractivity (Wildman–Crippen MR) is 144 cm³/mol. The maximum Gasteiger partial charge on any atom is 0.251 e. The van der Waals surface area contributed by atoms with E-state index in [0.717, 1.165) is 35.9 Å². The van der Waals surface area contributed by atoms with Gasteiger partial charge < -0.3 is 23.8 Å². The van der Waals surface area contributed by atoms with Crippen LogP contribution in [0.25, 0.3) is 22.6 Å². The molecule has 38 heavy (non-hydrogen) atoms. The summed E-state index contributed by atoms with van der Waals surface area (Å²) in [5.41, 5.74) is 5.91. The quantitative estimate of drug-likeness (QED) is 0.523. The Kier molecular flexibility index (Phi) is 5.73. The van der Waals surface area contributed by atoms with Crippen LogP contribution in [0.1, 0.15) is 42.0 Å². The molecule has 2 aromatic heterocycles. The van der Waals surface area contributed by atoms with E-state index >= 15 is 0 Å². The zero-order chi connectivity index (χ0) is 25.8. The molecule has 0 spiro atoms. The summed E-state index contributed by atoms with van der Waals surface area (Å²) >= 11 is 0. The summed E-state index contributed by atoms with van der Waals surface area (Å²) in [6, 6.07) is 10.2. The van der Waals surface area contributed by atoms with Crippen LogP contribution in [-0.2, 0) is 20.9 Å². The summed E-state index contributed by atoms with van der Waals surface area (Å²) in [4.78, 5) is 34.5. The molecular weight excluding hydrogens is 480 g/mol. The number of allylic oxidation sites excluding steroid dienone is 1. The number of piperazine rings is 1. The van der Waals surface area contributed by atoms with E-state index in [1.165, 1.54) is 22.4 Å². The van der Waals surface area contributed by atoms with Crippen molar-refractivity contribution in [2.75, 3.05) is 39.9 Å². The molecule has 4 aliphatic rings. The minimum absolute atomic E-state index is 0.0699. The average Bonchev–Trinajstić information content (AvgIpc) is 3.43. The summed E-state index contributed by atoms with van der Waals surface area (Å²) < 4.78 is 13.2. The average molecular weight is 513 g/mol. The van der Waals surface area contributed by atoms with E-state index in [-0.39, 0.29) is 24.5 Å². The third-order valence-electron chi connectivity index (χ3n) is 8.58. The van der Waals surface area contributed by atoms with Gasteiger partial charge in [0.15, 0.2) is 0 Å². The molecule has 1 aromatic carbocycles. The second-order valence-corrected chi connectivity index (χ2v) is 10.8. The highest BCUT2D eigenvalue weighted by atomic mass is 16.5. The molecule has 3 unspecified atom stereocenters. The number of methoxy groups -OCH3 is 1. The molecular formula is C30H32N4O4. The second kappa shape index (κ2) is 9.27. The lowest BCUT2D eigenvalue weighted by Gasteiger charge is -2.35. The number of ether oxygens (including phenoxy) is 2. The molecule has 0 bridgehead atoms. The van der Waals surface area contributed by atoms with Crippen LogP contribution in [0.2, 0.25) is 0 Å². The van der Waals surface area contributed by atoms with Crippen molar-refractivity contribution in [1.82, 2.24) is 19.4 Å². The molecule has 3 fully saturated rings. The number of carbonyl (C=O) groups is 2. The molecule has 1 saturated carbocycles. The Balaban J connectivity index is 1.14. The smallest absolute Gasteiger partial charge is 0.251 e. The number of pyridine rings is 1. The van der Waals surface area contributed by atoms with Gasteiger partial charge >= 0.3 is 0 Å². The molecule has 8 heteroatoms. The summed E-state index contributed by atoms with van der Waals surface area (Å²) in [5.74, 6) is 1.89. The molecule has 2 aliphatic heterocycles. The second-order valence-electron chi connectivity index (χ2n) is 10.8. The van der Waals surface area contributed by atoms with Crippen LogP contribution < -0.4 is 4.74 Å². The first kappa shape index (κ1) is 23.5. The number of carbonyl (C=O) groups excluding carboxylic acids is 2. The van der Waals surface area contributed by atoms with Gasteiger partial charge in [-0.15, -0.1) is 0 Å².